The largest absolute Gasteiger partial charge is 0.469 e. The van der Waals surface area contributed by atoms with E-state index in [-0.39, 0.29) is 11.9 Å². The molecular weight excluding hydrogens is 216 g/mol. The minimum absolute atomic E-state index is 0.0539. The van der Waals surface area contributed by atoms with Crippen molar-refractivity contribution < 1.29 is 9.21 Å². The number of amides is 1. The number of hydrogen-bond acceptors (Lipinski definition) is 3. The van der Waals surface area contributed by atoms with E-state index < -0.39 is 0 Å². The van der Waals surface area contributed by atoms with E-state index in [0.717, 1.165) is 19.4 Å². The molecule has 0 spiro atoms. The highest BCUT2D eigenvalue weighted by Gasteiger charge is 2.32. The van der Waals surface area contributed by atoms with E-state index in [4.69, 9.17) is 10.2 Å². The van der Waals surface area contributed by atoms with Gasteiger partial charge in [0.2, 0.25) is 0 Å². The van der Waals surface area contributed by atoms with Crippen LogP contribution in [0.5, 0.6) is 0 Å². The van der Waals surface area contributed by atoms with Crippen LogP contribution < -0.4 is 5.73 Å². The summed E-state index contributed by atoms with van der Waals surface area (Å²) < 4.78 is 5.19. The molecule has 2 rings (SSSR count). The van der Waals surface area contributed by atoms with E-state index in [1.807, 2.05) is 11.8 Å². The highest BCUT2D eigenvalue weighted by molar-refractivity contribution is 5.95. The Morgan fingerprint density at radius 1 is 1.65 bits per heavy atom. The van der Waals surface area contributed by atoms with Crippen LogP contribution in [0.2, 0.25) is 0 Å². The maximum Gasteiger partial charge on any atom is 0.257 e. The van der Waals surface area contributed by atoms with Gasteiger partial charge in [0.05, 0.1) is 11.8 Å². The third kappa shape index (κ3) is 2.22. The summed E-state index contributed by atoms with van der Waals surface area (Å²) in [6, 6.07) is 1.90. The Labute approximate surface area is 102 Å². The molecule has 1 aliphatic rings. The highest BCUT2D eigenvalue weighted by Crippen LogP contribution is 2.25. The van der Waals surface area contributed by atoms with Crippen molar-refractivity contribution in [3.05, 3.63) is 23.7 Å². The molecule has 0 radical (unpaired) electrons. The molecule has 1 aliphatic heterocycles. The van der Waals surface area contributed by atoms with E-state index in [9.17, 15) is 4.79 Å². The second kappa shape index (κ2) is 4.92. The van der Waals surface area contributed by atoms with Gasteiger partial charge in [-0.05, 0) is 31.7 Å². The van der Waals surface area contributed by atoms with E-state index in [2.05, 4.69) is 6.92 Å². The monoisotopic (exact) mass is 236 g/mol. The van der Waals surface area contributed by atoms with Crippen molar-refractivity contribution in [1.82, 2.24) is 4.90 Å². The highest BCUT2D eigenvalue weighted by atomic mass is 16.3. The Morgan fingerprint density at radius 3 is 3.00 bits per heavy atom. The first-order chi connectivity index (χ1) is 8.15. The van der Waals surface area contributed by atoms with Crippen molar-refractivity contribution in [2.45, 2.75) is 32.7 Å². The minimum atomic E-state index is 0.0539. The summed E-state index contributed by atoms with van der Waals surface area (Å²) in [6.45, 7) is 5.32. The topological polar surface area (TPSA) is 59.5 Å². The predicted octanol–water partition coefficient (Wildman–Crippen LogP) is 1.79. The standard InChI is InChI=1S/C13H20N2O2/c1-9-4-3-6-15(12(9)8-14)13(16)11-5-7-17-10(11)2/h5,7,9,12H,3-4,6,8,14H2,1-2H3/t9-,12-/m1/s1. The zero-order valence-electron chi connectivity index (χ0n) is 10.5. The smallest absolute Gasteiger partial charge is 0.257 e. The maximum atomic E-state index is 12.4. The third-order valence-corrected chi connectivity index (χ3v) is 3.71. The normalized spacial score (nSPS) is 25.0. The number of piperidine rings is 1. The van der Waals surface area contributed by atoms with E-state index in [1.54, 1.807) is 12.3 Å². The fourth-order valence-corrected chi connectivity index (χ4v) is 2.62. The molecule has 1 aromatic rings. The first kappa shape index (κ1) is 12.2. The Morgan fingerprint density at radius 2 is 2.41 bits per heavy atom. The molecule has 1 amide bonds. The van der Waals surface area contributed by atoms with Crippen LogP contribution in [0.15, 0.2) is 16.7 Å². The van der Waals surface area contributed by atoms with Gasteiger partial charge in [0.1, 0.15) is 5.76 Å². The Balaban J connectivity index is 2.21. The Bertz CT molecular complexity index is 400. The van der Waals surface area contributed by atoms with Gasteiger partial charge in [0.25, 0.3) is 5.91 Å². The third-order valence-electron chi connectivity index (χ3n) is 3.71. The lowest BCUT2D eigenvalue weighted by molar-refractivity contribution is 0.0531. The summed E-state index contributed by atoms with van der Waals surface area (Å²) >= 11 is 0. The number of aryl methyl sites for hydroxylation is 1. The fraction of sp³-hybridized carbons (Fsp3) is 0.615. The number of nitrogens with zero attached hydrogens (tertiary/aromatic N) is 1. The molecule has 0 saturated carbocycles. The van der Waals surface area contributed by atoms with Crippen LogP contribution in [0.25, 0.3) is 0 Å². The molecule has 0 aliphatic carbocycles. The SMILES string of the molecule is Cc1occc1C(=O)N1CCC[C@@H](C)[C@H]1CN. The van der Waals surface area contributed by atoms with Crippen LogP contribution in [0.1, 0.15) is 35.9 Å². The van der Waals surface area contributed by atoms with Crippen molar-refractivity contribution in [2.75, 3.05) is 13.1 Å². The van der Waals surface area contributed by atoms with Gasteiger partial charge in [-0.25, -0.2) is 0 Å². The number of rotatable bonds is 2. The molecule has 4 nitrogen and oxygen atoms in total. The molecule has 4 heteroatoms. The molecule has 0 bridgehead atoms. The van der Waals surface area contributed by atoms with Gasteiger partial charge in [-0.2, -0.15) is 0 Å². The number of hydrogen-bond donors (Lipinski definition) is 1. The van der Waals surface area contributed by atoms with Crippen LogP contribution >= 0.6 is 0 Å². The first-order valence-corrected chi connectivity index (χ1v) is 6.20. The average molecular weight is 236 g/mol. The lowest BCUT2D eigenvalue weighted by Crippen LogP contribution is -2.51. The summed E-state index contributed by atoms with van der Waals surface area (Å²) in [7, 11) is 0. The van der Waals surface area contributed by atoms with E-state index in [1.165, 1.54) is 0 Å². The summed E-state index contributed by atoms with van der Waals surface area (Å²) in [4.78, 5) is 14.3. The summed E-state index contributed by atoms with van der Waals surface area (Å²) in [6.07, 6.45) is 3.77. The summed E-state index contributed by atoms with van der Waals surface area (Å²) in [5, 5.41) is 0. The van der Waals surface area contributed by atoms with Gasteiger partial charge in [-0.15, -0.1) is 0 Å². The van der Waals surface area contributed by atoms with Crippen molar-refractivity contribution in [3.63, 3.8) is 0 Å². The van der Waals surface area contributed by atoms with Gasteiger partial charge in [0, 0.05) is 19.1 Å². The Hall–Kier alpha value is -1.29. The molecule has 17 heavy (non-hydrogen) atoms. The van der Waals surface area contributed by atoms with Gasteiger partial charge < -0.3 is 15.1 Å². The van der Waals surface area contributed by atoms with Crippen LogP contribution in [-0.2, 0) is 0 Å². The molecule has 2 N–H and O–H groups in total. The predicted molar refractivity (Wildman–Crippen MR) is 65.7 cm³/mol. The second-order valence-electron chi connectivity index (χ2n) is 4.81. The lowest BCUT2D eigenvalue weighted by atomic mass is 9.90. The number of nitrogens with two attached hydrogens (primary N) is 1. The van der Waals surface area contributed by atoms with Crippen molar-refractivity contribution in [1.29, 1.82) is 0 Å². The second-order valence-corrected chi connectivity index (χ2v) is 4.81. The van der Waals surface area contributed by atoms with Crippen LogP contribution in [-0.4, -0.2) is 29.9 Å². The maximum absolute atomic E-state index is 12.4. The zero-order valence-corrected chi connectivity index (χ0v) is 10.5. The molecule has 1 saturated heterocycles. The summed E-state index contributed by atoms with van der Waals surface area (Å²) in [5.41, 5.74) is 6.46. The molecule has 94 valence electrons. The quantitative estimate of drug-likeness (QED) is 0.851. The molecule has 1 aromatic heterocycles. The van der Waals surface area contributed by atoms with Crippen LogP contribution in [0.4, 0.5) is 0 Å². The van der Waals surface area contributed by atoms with E-state index in [0.29, 0.717) is 23.8 Å². The number of likely N-dealkylation sites (tertiary alicyclic amines) is 1. The first-order valence-electron chi connectivity index (χ1n) is 6.20. The molecule has 0 unspecified atom stereocenters. The molecular formula is C13H20N2O2. The summed E-state index contributed by atoms with van der Waals surface area (Å²) in [5.74, 6) is 1.21. The molecule has 1 fully saturated rings. The molecule has 2 atom stereocenters. The number of carbonyl (C=O) groups is 1. The number of carbonyl (C=O) groups excluding carboxylic acids is 1. The molecule has 0 aromatic carbocycles. The van der Waals surface area contributed by atoms with Gasteiger partial charge >= 0.3 is 0 Å². The van der Waals surface area contributed by atoms with Crippen molar-refractivity contribution in [2.24, 2.45) is 11.7 Å². The lowest BCUT2D eigenvalue weighted by Gasteiger charge is -2.39. The van der Waals surface area contributed by atoms with Gasteiger partial charge in [-0.1, -0.05) is 6.92 Å². The van der Waals surface area contributed by atoms with Crippen molar-refractivity contribution in [3.8, 4) is 0 Å². The average Bonchev–Trinajstić information content (AvgIpc) is 2.74. The Kier molecular flexibility index (Phi) is 3.52. The molecule has 2 heterocycles. The minimum Gasteiger partial charge on any atom is -0.469 e. The van der Waals surface area contributed by atoms with Crippen LogP contribution in [0.3, 0.4) is 0 Å². The van der Waals surface area contributed by atoms with Crippen LogP contribution in [0, 0.1) is 12.8 Å². The van der Waals surface area contributed by atoms with E-state index >= 15 is 0 Å². The zero-order chi connectivity index (χ0) is 12.4. The fourth-order valence-electron chi connectivity index (χ4n) is 2.62. The van der Waals surface area contributed by atoms with Crippen molar-refractivity contribution >= 4 is 5.91 Å². The number of furan rings is 1. The van der Waals surface area contributed by atoms with Gasteiger partial charge in [0.15, 0.2) is 0 Å². The van der Waals surface area contributed by atoms with Gasteiger partial charge in [-0.3, -0.25) is 4.79 Å².